The van der Waals surface area contributed by atoms with Crippen LogP contribution in [-0.4, -0.2) is 30.1 Å². The molecule has 1 saturated heterocycles. The second kappa shape index (κ2) is 3.63. The van der Waals surface area contributed by atoms with Crippen molar-refractivity contribution in [3.05, 3.63) is 12.7 Å². The Morgan fingerprint density at radius 3 is 2.64 bits per heavy atom. The third-order valence-corrected chi connectivity index (χ3v) is 2.43. The first-order valence-electron chi connectivity index (χ1n) is 4.49. The minimum atomic E-state index is -1.48. The SMILES string of the molecule is C=CC(=O)C1(C=O)COC(C)(CC)O1. The minimum Gasteiger partial charge on any atom is -0.346 e. The maximum atomic E-state index is 11.4. The fraction of sp³-hybridized carbons (Fsp3) is 0.600. The number of aldehydes is 1. The van der Waals surface area contributed by atoms with Gasteiger partial charge in [0.15, 0.2) is 17.9 Å². The summed E-state index contributed by atoms with van der Waals surface area (Å²) in [6, 6.07) is 0. The summed E-state index contributed by atoms with van der Waals surface area (Å²) in [7, 11) is 0. The summed E-state index contributed by atoms with van der Waals surface area (Å²) in [5.41, 5.74) is -1.48. The van der Waals surface area contributed by atoms with E-state index in [1.165, 1.54) is 0 Å². The van der Waals surface area contributed by atoms with Gasteiger partial charge >= 0.3 is 0 Å². The van der Waals surface area contributed by atoms with Crippen molar-refractivity contribution in [1.29, 1.82) is 0 Å². The molecule has 1 heterocycles. The highest BCUT2D eigenvalue weighted by atomic mass is 16.8. The average molecular weight is 198 g/mol. The molecule has 2 atom stereocenters. The molecule has 78 valence electrons. The van der Waals surface area contributed by atoms with Crippen LogP contribution in [0.3, 0.4) is 0 Å². The highest BCUT2D eigenvalue weighted by molar-refractivity contribution is 6.08. The predicted octanol–water partition coefficient (Wildman–Crippen LogP) is 0.852. The van der Waals surface area contributed by atoms with Gasteiger partial charge in [0.05, 0.1) is 6.61 Å². The van der Waals surface area contributed by atoms with Crippen LogP contribution in [0.1, 0.15) is 20.3 Å². The highest BCUT2D eigenvalue weighted by Gasteiger charge is 2.51. The van der Waals surface area contributed by atoms with Gasteiger partial charge in [0.25, 0.3) is 0 Å². The molecule has 0 aromatic carbocycles. The maximum absolute atomic E-state index is 11.4. The number of hydrogen-bond donors (Lipinski definition) is 0. The Kier molecular flexibility index (Phi) is 2.87. The van der Waals surface area contributed by atoms with Crippen LogP contribution in [-0.2, 0) is 19.1 Å². The van der Waals surface area contributed by atoms with Crippen LogP contribution in [0.15, 0.2) is 12.7 Å². The fourth-order valence-corrected chi connectivity index (χ4v) is 1.29. The Morgan fingerprint density at radius 2 is 2.29 bits per heavy atom. The van der Waals surface area contributed by atoms with Gasteiger partial charge < -0.3 is 9.47 Å². The van der Waals surface area contributed by atoms with Crippen LogP contribution in [0, 0.1) is 0 Å². The van der Waals surface area contributed by atoms with Crippen LogP contribution in [0.5, 0.6) is 0 Å². The Labute approximate surface area is 82.9 Å². The monoisotopic (exact) mass is 198 g/mol. The number of hydrogen-bond acceptors (Lipinski definition) is 4. The van der Waals surface area contributed by atoms with Gasteiger partial charge in [-0.3, -0.25) is 9.59 Å². The number of carbonyl (C=O) groups excluding carboxylic acids is 2. The van der Waals surface area contributed by atoms with E-state index < -0.39 is 17.2 Å². The molecule has 0 aromatic rings. The zero-order valence-corrected chi connectivity index (χ0v) is 8.41. The van der Waals surface area contributed by atoms with Crippen molar-refractivity contribution in [1.82, 2.24) is 0 Å². The summed E-state index contributed by atoms with van der Waals surface area (Å²) in [5.74, 6) is -1.30. The molecule has 0 amide bonds. The Bertz CT molecular complexity index is 273. The van der Waals surface area contributed by atoms with Crippen molar-refractivity contribution >= 4 is 12.1 Å². The second-order valence-corrected chi connectivity index (χ2v) is 3.45. The molecule has 0 aliphatic carbocycles. The van der Waals surface area contributed by atoms with Crippen molar-refractivity contribution in [3.63, 3.8) is 0 Å². The van der Waals surface area contributed by atoms with Crippen molar-refractivity contribution in [2.75, 3.05) is 6.61 Å². The van der Waals surface area contributed by atoms with Crippen molar-refractivity contribution in [2.45, 2.75) is 31.7 Å². The molecule has 0 bridgehead atoms. The van der Waals surface area contributed by atoms with E-state index in [0.29, 0.717) is 12.7 Å². The van der Waals surface area contributed by atoms with Crippen molar-refractivity contribution in [2.24, 2.45) is 0 Å². The van der Waals surface area contributed by atoms with Crippen LogP contribution >= 0.6 is 0 Å². The summed E-state index contributed by atoms with van der Waals surface area (Å²) in [5, 5.41) is 0. The molecule has 0 aromatic heterocycles. The molecule has 0 radical (unpaired) electrons. The first-order chi connectivity index (χ1) is 6.52. The van der Waals surface area contributed by atoms with Crippen LogP contribution in [0.4, 0.5) is 0 Å². The standard InChI is InChI=1S/C10H14O4/c1-4-8(12)10(6-11)7-13-9(3,5-2)14-10/h4,6H,1,5,7H2,2-3H3. The first kappa shape index (κ1) is 11.1. The molecule has 0 spiro atoms. The number of carbonyl (C=O) groups is 2. The molecule has 0 saturated carbocycles. The van der Waals surface area contributed by atoms with E-state index in [1.807, 2.05) is 6.92 Å². The molecule has 1 fully saturated rings. The zero-order valence-electron chi connectivity index (χ0n) is 8.41. The van der Waals surface area contributed by atoms with E-state index in [0.717, 1.165) is 6.08 Å². The van der Waals surface area contributed by atoms with Gasteiger partial charge in [-0.1, -0.05) is 13.5 Å². The third-order valence-electron chi connectivity index (χ3n) is 2.43. The smallest absolute Gasteiger partial charge is 0.211 e. The van der Waals surface area contributed by atoms with E-state index in [1.54, 1.807) is 6.92 Å². The summed E-state index contributed by atoms with van der Waals surface area (Å²) in [6.07, 6.45) is 2.14. The van der Waals surface area contributed by atoms with Crippen molar-refractivity contribution < 1.29 is 19.1 Å². The maximum Gasteiger partial charge on any atom is 0.211 e. The summed E-state index contributed by atoms with van der Waals surface area (Å²) in [6.45, 7) is 6.86. The minimum absolute atomic E-state index is 0.0360. The van der Waals surface area contributed by atoms with Gasteiger partial charge in [0.1, 0.15) is 0 Å². The topological polar surface area (TPSA) is 52.6 Å². The normalized spacial score (nSPS) is 36.7. The molecule has 0 N–H and O–H groups in total. The molecule has 2 unspecified atom stereocenters. The molecule has 1 aliphatic rings. The Morgan fingerprint density at radius 1 is 1.64 bits per heavy atom. The largest absolute Gasteiger partial charge is 0.346 e. The highest BCUT2D eigenvalue weighted by Crippen LogP contribution is 2.33. The lowest BCUT2D eigenvalue weighted by Gasteiger charge is -2.23. The third kappa shape index (κ3) is 1.63. The van der Waals surface area contributed by atoms with Gasteiger partial charge in [-0.25, -0.2) is 0 Å². The Hall–Kier alpha value is -1.00. The van der Waals surface area contributed by atoms with E-state index in [2.05, 4.69) is 6.58 Å². The van der Waals surface area contributed by atoms with Gasteiger partial charge in [0, 0.05) is 0 Å². The van der Waals surface area contributed by atoms with Crippen molar-refractivity contribution in [3.8, 4) is 0 Å². The molecule has 4 heteroatoms. The molecule has 1 aliphatic heterocycles. The van der Waals surface area contributed by atoms with Gasteiger partial charge in [-0.05, 0) is 19.4 Å². The first-order valence-corrected chi connectivity index (χ1v) is 4.49. The van der Waals surface area contributed by atoms with E-state index in [-0.39, 0.29) is 6.61 Å². The van der Waals surface area contributed by atoms with Gasteiger partial charge in [-0.15, -0.1) is 0 Å². The number of rotatable bonds is 4. The van der Waals surface area contributed by atoms with Crippen LogP contribution in [0.25, 0.3) is 0 Å². The van der Waals surface area contributed by atoms with Crippen LogP contribution < -0.4 is 0 Å². The van der Waals surface area contributed by atoms with Gasteiger partial charge in [0.2, 0.25) is 5.60 Å². The van der Waals surface area contributed by atoms with E-state index in [9.17, 15) is 9.59 Å². The average Bonchev–Trinajstić information content (AvgIpc) is 2.57. The zero-order chi connectivity index (χ0) is 10.8. The number of ketones is 1. The van der Waals surface area contributed by atoms with E-state index in [4.69, 9.17) is 9.47 Å². The molecule has 14 heavy (non-hydrogen) atoms. The number of ether oxygens (including phenoxy) is 2. The lowest BCUT2D eigenvalue weighted by Crippen LogP contribution is -2.43. The summed E-state index contributed by atoms with van der Waals surface area (Å²) < 4.78 is 10.7. The Balaban J connectivity index is 2.91. The molecular weight excluding hydrogens is 184 g/mol. The summed E-state index contributed by atoms with van der Waals surface area (Å²) >= 11 is 0. The summed E-state index contributed by atoms with van der Waals surface area (Å²) in [4.78, 5) is 22.3. The predicted molar refractivity (Wildman–Crippen MR) is 49.7 cm³/mol. The quantitative estimate of drug-likeness (QED) is 0.382. The van der Waals surface area contributed by atoms with E-state index >= 15 is 0 Å². The fourth-order valence-electron chi connectivity index (χ4n) is 1.29. The molecule has 1 rings (SSSR count). The lowest BCUT2D eigenvalue weighted by atomic mass is 10.0. The lowest BCUT2D eigenvalue weighted by molar-refractivity contribution is -0.179. The second-order valence-electron chi connectivity index (χ2n) is 3.45. The van der Waals surface area contributed by atoms with Crippen LogP contribution in [0.2, 0.25) is 0 Å². The molecular formula is C10H14O4. The molecule has 4 nitrogen and oxygen atoms in total. The van der Waals surface area contributed by atoms with Gasteiger partial charge in [-0.2, -0.15) is 0 Å².